The van der Waals surface area contributed by atoms with Crippen LogP contribution in [0.1, 0.15) is 39.0 Å². The fraction of sp³-hybridized carbons (Fsp3) is 0.923. The molecule has 0 aromatic carbocycles. The monoisotopic (exact) mass is 239 g/mol. The van der Waals surface area contributed by atoms with Crippen molar-refractivity contribution in [1.29, 1.82) is 0 Å². The van der Waals surface area contributed by atoms with Crippen molar-refractivity contribution in [3.8, 4) is 0 Å². The van der Waals surface area contributed by atoms with Gasteiger partial charge in [-0.1, -0.05) is 6.92 Å². The predicted octanol–water partition coefficient (Wildman–Crippen LogP) is 0.812. The standard InChI is InChI=1S/C13H25N3O/c1-2-6-15-7-9-16(10-8-15)12(17)11-13(14)4-3-5-13/h2-11,14H2,1H3. The van der Waals surface area contributed by atoms with Crippen LogP contribution in [0.5, 0.6) is 0 Å². The number of hydrogen-bond acceptors (Lipinski definition) is 3. The average Bonchev–Trinajstić information content (AvgIpc) is 2.28. The van der Waals surface area contributed by atoms with Crippen LogP contribution in [0.15, 0.2) is 0 Å². The zero-order valence-electron chi connectivity index (χ0n) is 11.0. The fourth-order valence-corrected chi connectivity index (χ4v) is 2.76. The summed E-state index contributed by atoms with van der Waals surface area (Å²) in [5.41, 5.74) is 5.96. The van der Waals surface area contributed by atoms with E-state index in [0.29, 0.717) is 6.42 Å². The van der Waals surface area contributed by atoms with E-state index in [4.69, 9.17) is 5.73 Å². The Labute approximate surface area is 104 Å². The molecule has 2 N–H and O–H groups in total. The Balaban J connectivity index is 1.74. The Hall–Kier alpha value is -0.610. The van der Waals surface area contributed by atoms with E-state index in [1.807, 2.05) is 4.90 Å². The molecule has 17 heavy (non-hydrogen) atoms. The molecular weight excluding hydrogens is 214 g/mol. The molecule has 4 nitrogen and oxygen atoms in total. The van der Waals surface area contributed by atoms with E-state index >= 15 is 0 Å². The second kappa shape index (κ2) is 5.36. The third-order valence-electron chi connectivity index (χ3n) is 4.12. The van der Waals surface area contributed by atoms with Crippen LogP contribution in [-0.4, -0.2) is 54.0 Å². The molecule has 0 aromatic heterocycles. The first-order valence-corrected chi connectivity index (χ1v) is 6.92. The van der Waals surface area contributed by atoms with Crippen molar-refractivity contribution in [1.82, 2.24) is 9.80 Å². The molecule has 0 bridgehead atoms. The van der Waals surface area contributed by atoms with Crippen molar-refractivity contribution >= 4 is 5.91 Å². The van der Waals surface area contributed by atoms with Gasteiger partial charge in [0.05, 0.1) is 0 Å². The number of piperazine rings is 1. The molecule has 4 heteroatoms. The minimum Gasteiger partial charge on any atom is -0.340 e. The van der Waals surface area contributed by atoms with Crippen molar-refractivity contribution in [2.75, 3.05) is 32.7 Å². The zero-order chi connectivity index (χ0) is 12.3. The fourth-order valence-electron chi connectivity index (χ4n) is 2.76. The van der Waals surface area contributed by atoms with Crippen molar-refractivity contribution in [3.63, 3.8) is 0 Å². The molecule has 1 heterocycles. The lowest BCUT2D eigenvalue weighted by Crippen LogP contribution is -2.54. The van der Waals surface area contributed by atoms with Gasteiger partial charge in [0.1, 0.15) is 0 Å². The van der Waals surface area contributed by atoms with Crippen molar-refractivity contribution < 1.29 is 4.79 Å². The summed E-state index contributed by atoms with van der Waals surface area (Å²) in [5, 5.41) is 0. The largest absolute Gasteiger partial charge is 0.340 e. The molecule has 2 fully saturated rings. The van der Waals surface area contributed by atoms with E-state index in [1.165, 1.54) is 12.8 Å². The topological polar surface area (TPSA) is 49.6 Å². The van der Waals surface area contributed by atoms with E-state index in [-0.39, 0.29) is 11.4 Å². The molecule has 1 aliphatic carbocycles. The highest BCUT2D eigenvalue weighted by atomic mass is 16.2. The van der Waals surface area contributed by atoms with Crippen LogP contribution in [-0.2, 0) is 4.79 Å². The maximum absolute atomic E-state index is 12.1. The first-order chi connectivity index (χ1) is 8.13. The van der Waals surface area contributed by atoms with E-state index in [2.05, 4.69) is 11.8 Å². The highest BCUT2D eigenvalue weighted by Crippen LogP contribution is 2.32. The second-order valence-electron chi connectivity index (χ2n) is 5.62. The maximum Gasteiger partial charge on any atom is 0.224 e. The molecule has 2 aliphatic rings. The second-order valence-corrected chi connectivity index (χ2v) is 5.62. The number of nitrogens with two attached hydrogens (primary N) is 1. The molecule has 0 spiro atoms. The van der Waals surface area contributed by atoms with E-state index in [0.717, 1.165) is 45.6 Å². The lowest BCUT2D eigenvalue weighted by atomic mass is 9.75. The number of carbonyl (C=O) groups excluding carboxylic acids is 1. The highest BCUT2D eigenvalue weighted by Gasteiger charge is 2.36. The molecule has 1 saturated carbocycles. The Kier molecular flexibility index (Phi) is 4.05. The summed E-state index contributed by atoms with van der Waals surface area (Å²) in [6.45, 7) is 7.17. The van der Waals surface area contributed by atoms with Gasteiger partial charge in [-0.15, -0.1) is 0 Å². The van der Waals surface area contributed by atoms with E-state index in [9.17, 15) is 4.79 Å². The van der Waals surface area contributed by atoms with Crippen LogP contribution >= 0.6 is 0 Å². The maximum atomic E-state index is 12.1. The van der Waals surface area contributed by atoms with E-state index in [1.54, 1.807) is 0 Å². The summed E-state index contributed by atoms with van der Waals surface area (Å²) in [6.07, 6.45) is 4.98. The molecule has 0 unspecified atom stereocenters. The normalized spacial score (nSPS) is 24.5. The van der Waals surface area contributed by atoms with Crippen molar-refractivity contribution in [2.24, 2.45) is 5.73 Å². The predicted molar refractivity (Wildman–Crippen MR) is 68.7 cm³/mol. The molecule has 1 amide bonds. The Bertz CT molecular complexity index is 268. The first kappa shape index (κ1) is 12.8. The summed E-state index contributed by atoms with van der Waals surface area (Å²) < 4.78 is 0. The molecule has 1 aliphatic heterocycles. The third-order valence-corrected chi connectivity index (χ3v) is 4.12. The van der Waals surface area contributed by atoms with Crippen LogP contribution in [0.4, 0.5) is 0 Å². The lowest BCUT2D eigenvalue weighted by Gasteiger charge is -2.40. The number of hydrogen-bond donors (Lipinski definition) is 1. The molecule has 0 atom stereocenters. The minimum atomic E-state index is -0.169. The Morgan fingerprint density at radius 2 is 1.88 bits per heavy atom. The first-order valence-electron chi connectivity index (χ1n) is 6.92. The quantitative estimate of drug-likeness (QED) is 0.790. The summed E-state index contributed by atoms with van der Waals surface area (Å²) >= 11 is 0. The number of rotatable bonds is 4. The van der Waals surface area contributed by atoms with Gasteiger partial charge in [0, 0.05) is 38.1 Å². The zero-order valence-corrected chi connectivity index (χ0v) is 11.0. The van der Waals surface area contributed by atoms with Gasteiger partial charge in [-0.05, 0) is 32.2 Å². The van der Waals surface area contributed by atoms with Gasteiger partial charge in [0.2, 0.25) is 5.91 Å². The van der Waals surface area contributed by atoms with Crippen LogP contribution in [0.25, 0.3) is 0 Å². The molecule has 2 rings (SSSR count). The number of carbonyl (C=O) groups is 1. The molecule has 0 aromatic rings. The summed E-state index contributed by atoms with van der Waals surface area (Å²) in [7, 11) is 0. The van der Waals surface area contributed by atoms with Crippen LogP contribution in [0, 0.1) is 0 Å². The number of amides is 1. The lowest BCUT2D eigenvalue weighted by molar-refractivity contribution is -0.135. The number of nitrogens with zero attached hydrogens (tertiary/aromatic N) is 2. The summed E-state index contributed by atoms with van der Waals surface area (Å²) in [5.74, 6) is 0.267. The average molecular weight is 239 g/mol. The smallest absolute Gasteiger partial charge is 0.224 e. The third kappa shape index (κ3) is 3.19. The Morgan fingerprint density at radius 3 is 2.35 bits per heavy atom. The van der Waals surface area contributed by atoms with Gasteiger partial charge in [0.25, 0.3) is 0 Å². The highest BCUT2D eigenvalue weighted by molar-refractivity contribution is 5.77. The van der Waals surface area contributed by atoms with Crippen molar-refractivity contribution in [3.05, 3.63) is 0 Å². The minimum absolute atomic E-state index is 0.169. The van der Waals surface area contributed by atoms with Crippen molar-refractivity contribution in [2.45, 2.75) is 44.6 Å². The SMILES string of the molecule is CCCN1CCN(C(=O)CC2(N)CCC2)CC1. The summed E-state index contributed by atoms with van der Waals surface area (Å²) in [4.78, 5) is 16.5. The molecular formula is C13H25N3O. The van der Waals surface area contributed by atoms with Gasteiger partial charge in [-0.25, -0.2) is 0 Å². The van der Waals surface area contributed by atoms with Gasteiger partial charge in [-0.2, -0.15) is 0 Å². The molecule has 0 radical (unpaired) electrons. The van der Waals surface area contributed by atoms with Gasteiger partial charge < -0.3 is 10.6 Å². The van der Waals surface area contributed by atoms with Crippen LogP contribution < -0.4 is 5.73 Å². The van der Waals surface area contributed by atoms with Crippen LogP contribution in [0.2, 0.25) is 0 Å². The van der Waals surface area contributed by atoms with Gasteiger partial charge in [0.15, 0.2) is 0 Å². The molecule has 1 saturated heterocycles. The molecule has 98 valence electrons. The van der Waals surface area contributed by atoms with Crippen LogP contribution in [0.3, 0.4) is 0 Å². The van der Waals surface area contributed by atoms with Gasteiger partial charge >= 0.3 is 0 Å². The Morgan fingerprint density at radius 1 is 1.24 bits per heavy atom. The van der Waals surface area contributed by atoms with Gasteiger partial charge in [-0.3, -0.25) is 9.69 Å². The summed E-state index contributed by atoms with van der Waals surface area (Å²) in [6, 6.07) is 0. The van der Waals surface area contributed by atoms with E-state index < -0.39 is 0 Å².